The molecule has 0 bridgehead atoms. The summed E-state index contributed by atoms with van der Waals surface area (Å²) in [4.78, 5) is 27.2. The molecule has 8 nitrogen and oxygen atoms in total. The van der Waals surface area contributed by atoms with Gasteiger partial charge in [-0.1, -0.05) is 18.2 Å². The molecule has 1 unspecified atom stereocenters. The van der Waals surface area contributed by atoms with Gasteiger partial charge in [-0.3, -0.25) is 10.2 Å². The van der Waals surface area contributed by atoms with Crippen molar-refractivity contribution in [2.45, 2.75) is 18.9 Å². The molecule has 0 radical (unpaired) electrons. The Morgan fingerprint density at radius 1 is 1.24 bits per heavy atom. The van der Waals surface area contributed by atoms with E-state index in [0.29, 0.717) is 30.4 Å². The van der Waals surface area contributed by atoms with E-state index in [0.717, 1.165) is 36.5 Å². The highest BCUT2D eigenvalue weighted by atomic mass is 19.1. The van der Waals surface area contributed by atoms with Crippen molar-refractivity contribution < 1.29 is 14.3 Å². The number of halogens is 1. The average Bonchev–Trinajstić information content (AvgIpc) is 3.46. The molecular weight excluding hydrogens is 435 g/mol. The lowest BCUT2D eigenvalue weighted by molar-refractivity contribution is -0.142. The fourth-order valence-corrected chi connectivity index (χ4v) is 4.49. The number of nitrogens with zero attached hydrogens (tertiary/aromatic N) is 4. The second-order valence-corrected chi connectivity index (χ2v) is 8.63. The van der Waals surface area contributed by atoms with Crippen LogP contribution in [0.25, 0.3) is 17.5 Å². The monoisotopic (exact) mass is 460 g/mol. The molecule has 0 saturated carbocycles. The molecule has 0 aliphatic carbocycles. The maximum Gasteiger partial charge on any atom is 0.310 e. The number of hydrogen-bond donors (Lipinski definition) is 3. The summed E-state index contributed by atoms with van der Waals surface area (Å²) in [5.74, 6) is 0.308. The fraction of sp³-hybridized carbons (Fsp3) is 0.280. The number of nitrogens with one attached hydrogen (secondary N) is 2. The lowest BCUT2D eigenvalue weighted by atomic mass is 10.0. The molecule has 2 saturated heterocycles. The predicted octanol–water partition coefficient (Wildman–Crippen LogP) is 3.96. The van der Waals surface area contributed by atoms with Gasteiger partial charge in [0.25, 0.3) is 0 Å². The number of anilines is 1. The van der Waals surface area contributed by atoms with Crippen LogP contribution in [-0.2, 0) is 4.79 Å². The normalized spacial score (nSPS) is 18.4. The Bertz CT molecular complexity index is 1250. The summed E-state index contributed by atoms with van der Waals surface area (Å²) in [6.45, 7) is 1.67. The van der Waals surface area contributed by atoms with Gasteiger partial charge in [-0.25, -0.2) is 14.4 Å². The highest BCUT2D eigenvalue weighted by Gasteiger charge is 2.33. The van der Waals surface area contributed by atoms with Crippen molar-refractivity contribution in [1.29, 1.82) is 5.41 Å². The number of rotatable bonds is 6. The number of imidazole rings is 1. The SMILES string of the molecule is N=C(/C=C\c1ncc(-c2cccc(N3CC(C(=O)O)C3)n2)[nH]1)N1CCCC1c1cccc(F)c1. The number of benzene rings is 1. The first-order valence-corrected chi connectivity index (χ1v) is 11.3. The average molecular weight is 461 g/mol. The van der Waals surface area contributed by atoms with Crippen molar-refractivity contribution >= 4 is 23.7 Å². The van der Waals surface area contributed by atoms with E-state index < -0.39 is 5.97 Å². The standard InChI is InChI=1S/C25H25FN6O2/c26-18-5-1-4-16(12-18)21-7-3-11-32(21)22(27)9-10-23-28-13-20(29-23)19-6-2-8-24(30-19)31-14-17(15-31)25(33)34/h1-2,4-6,8-10,12-13,17,21,27H,3,7,11,14-15H2,(H,28,29)(H,33,34)/b10-9-,27-22?. The van der Waals surface area contributed by atoms with E-state index in [1.807, 2.05) is 34.1 Å². The van der Waals surface area contributed by atoms with Crippen LogP contribution in [0.1, 0.15) is 30.3 Å². The van der Waals surface area contributed by atoms with Gasteiger partial charge in [-0.15, -0.1) is 0 Å². The number of carboxylic acids is 1. The molecule has 2 fully saturated rings. The molecule has 2 aliphatic heterocycles. The van der Waals surface area contributed by atoms with E-state index in [1.165, 1.54) is 6.07 Å². The molecule has 2 aliphatic rings. The molecule has 4 heterocycles. The Kier molecular flexibility index (Phi) is 5.83. The van der Waals surface area contributed by atoms with Gasteiger partial charge in [-0.05, 0) is 54.8 Å². The number of H-pyrrole nitrogens is 1. The van der Waals surface area contributed by atoms with Gasteiger partial charge in [0, 0.05) is 19.6 Å². The number of carboxylic acid groups (broad SMARTS) is 1. The summed E-state index contributed by atoms with van der Waals surface area (Å²) in [5.41, 5.74) is 2.34. The lowest BCUT2D eigenvalue weighted by Crippen LogP contribution is -2.50. The summed E-state index contributed by atoms with van der Waals surface area (Å²) >= 11 is 0. The van der Waals surface area contributed by atoms with Crippen LogP contribution in [0.2, 0.25) is 0 Å². The van der Waals surface area contributed by atoms with Crippen LogP contribution in [0.4, 0.5) is 10.2 Å². The Labute approximate surface area is 196 Å². The highest BCUT2D eigenvalue weighted by Crippen LogP contribution is 2.32. The summed E-state index contributed by atoms with van der Waals surface area (Å²) in [7, 11) is 0. The molecule has 174 valence electrons. The lowest BCUT2D eigenvalue weighted by Gasteiger charge is -2.37. The topological polar surface area (TPSA) is 109 Å². The molecule has 2 aromatic heterocycles. The number of pyridine rings is 1. The van der Waals surface area contributed by atoms with E-state index in [1.54, 1.807) is 30.5 Å². The minimum Gasteiger partial charge on any atom is -0.481 e. The van der Waals surface area contributed by atoms with Crippen LogP contribution in [0.5, 0.6) is 0 Å². The number of amidine groups is 1. The third kappa shape index (κ3) is 4.41. The maximum absolute atomic E-state index is 13.7. The van der Waals surface area contributed by atoms with E-state index >= 15 is 0 Å². The number of aromatic amines is 1. The number of aliphatic carboxylic acids is 1. The molecule has 0 amide bonds. The number of aromatic nitrogens is 3. The molecule has 0 spiro atoms. The second kappa shape index (κ2) is 9.09. The minimum atomic E-state index is -0.779. The Balaban J connectivity index is 1.26. The van der Waals surface area contributed by atoms with Crippen molar-refractivity contribution in [2.24, 2.45) is 5.92 Å². The smallest absolute Gasteiger partial charge is 0.310 e. The largest absolute Gasteiger partial charge is 0.481 e. The van der Waals surface area contributed by atoms with Crippen LogP contribution in [0, 0.1) is 17.1 Å². The zero-order valence-electron chi connectivity index (χ0n) is 18.5. The van der Waals surface area contributed by atoms with Crippen molar-refractivity contribution in [1.82, 2.24) is 19.9 Å². The van der Waals surface area contributed by atoms with Gasteiger partial charge >= 0.3 is 5.97 Å². The molecular formula is C25H25FN6O2. The maximum atomic E-state index is 13.7. The molecule has 1 aromatic carbocycles. The number of likely N-dealkylation sites (tertiary alicyclic amines) is 1. The first kappa shape index (κ1) is 21.8. The van der Waals surface area contributed by atoms with Crippen molar-refractivity contribution in [3.63, 3.8) is 0 Å². The summed E-state index contributed by atoms with van der Waals surface area (Å²) in [6, 6.07) is 12.2. The zero-order valence-corrected chi connectivity index (χ0v) is 18.5. The van der Waals surface area contributed by atoms with Crippen LogP contribution >= 0.6 is 0 Å². The summed E-state index contributed by atoms with van der Waals surface area (Å²) < 4.78 is 13.7. The zero-order chi connectivity index (χ0) is 23.7. The Morgan fingerprint density at radius 2 is 2.06 bits per heavy atom. The first-order valence-electron chi connectivity index (χ1n) is 11.3. The Morgan fingerprint density at radius 3 is 2.85 bits per heavy atom. The second-order valence-electron chi connectivity index (χ2n) is 8.63. The van der Waals surface area contributed by atoms with Crippen LogP contribution in [0.15, 0.2) is 54.7 Å². The van der Waals surface area contributed by atoms with E-state index in [-0.39, 0.29) is 17.8 Å². The van der Waals surface area contributed by atoms with Crippen molar-refractivity contribution in [2.75, 3.05) is 24.5 Å². The Hall–Kier alpha value is -4.01. The van der Waals surface area contributed by atoms with E-state index in [2.05, 4.69) is 15.0 Å². The van der Waals surface area contributed by atoms with E-state index in [4.69, 9.17) is 10.5 Å². The highest BCUT2D eigenvalue weighted by molar-refractivity contribution is 5.94. The van der Waals surface area contributed by atoms with Gasteiger partial charge < -0.3 is 19.9 Å². The molecule has 5 rings (SSSR count). The number of hydrogen-bond acceptors (Lipinski definition) is 5. The third-order valence-corrected chi connectivity index (χ3v) is 6.36. The van der Waals surface area contributed by atoms with Gasteiger partial charge in [0.1, 0.15) is 23.3 Å². The first-order chi connectivity index (χ1) is 16.5. The van der Waals surface area contributed by atoms with Crippen LogP contribution < -0.4 is 4.90 Å². The fourth-order valence-electron chi connectivity index (χ4n) is 4.49. The van der Waals surface area contributed by atoms with Crippen LogP contribution in [-0.4, -0.2) is 56.4 Å². The van der Waals surface area contributed by atoms with Gasteiger partial charge in [0.2, 0.25) is 0 Å². The number of carbonyl (C=O) groups is 1. The van der Waals surface area contributed by atoms with Gasteiger partial charge in [0.05, 0.1) is 29.5 Å². The van der Waals surface area contributed by atoms with E-state index in [9.17, 15) is 9.18 Å². The molecule has 9 heteroatoms. The van der Waals surface area contributed by atoms with Crippen LogP contribution in [0.3, 0.4) is 0 Å². The minimum absolute atomic E-state index is 0.00539. The molecule has 1 atom stereocenters. The van der Waals surface area contributed by atoms with Crippen molar-refractivity contribution in [3.05, 3.63) is 71.9 Å². The predicted molar refractivity (Wildman–Crippen MR) is 127 cm³/mol. The third-order valence-electron chi connectivity index (χ3n) is 6.36. The summed E-state index contributed by atoms with van der Waals surface area (Å²) in [6.07, 6.45) is 6.99. The quantitative estimate of drug-likeness (QED) is 0.380. The molecule has 3 aromatic rings. The molecule has 34 heavy (non-hydrogen) atoms. The van der Waals surface area contributed by atoms with Crippen molar-refractivity contribution in [3.8, 4) is 11.4 Å². The van der Waals surface area contributed by atoms with Gasteiger partial charge in [-0.2, -0.15) is 0 Å². The summed E-state index contributed by atoms with van der Waals surface area (Å²) in [5, 5.41) is 17.6. The molecule has 3 N–H and O–H groups in total. The van der Waals surface area contributed by atoms with Gasteiger partial charge in [0.15, 0.2) is 0 Å².